The number of hydrogen-bond donors (Lipinski definition) is 0. The lowest BCUT2D eigenvalue weighted by molar-refractivity contribution is -0.147. The molecule has 1 rings (SSSR count). The fourth-order valence-corrected chi connectivity index (χ4v) is 2.30. The molecule has 1 aromatic carbocycles. The van der Waals surface area contributed by atoms with Gasteiger partial charge < -0.3 is 4.74 Å². The maximum absolute atomic E-state index is 12.0. The predicted molar refractivity (Wildman–Crippen MR) is 73.6 cm³/mol. The molecule has 0 bridgehead atoms. The minimum atomic E-state index is -0.289. The Morgan fingerprint density at radius 2 is 1.83 bits per heavy atom. The van der Waals surface area contributed by atoms with Crippen molar-refractivity contribution in [3.05, 3.63) is 35.9 Å². The summed E-state index contributed by atoms with van der Waals surface area (Å²) < 4.78 is 4.95. The maximum atomic E-state index is 12.0. The second kappa shape index (κ2) is 7.21. The van der Waals surface area contributed by atoms with E-state index < -0.39 is 0 Å². The number of carbonyl (C=O) groups is 2. The van der Waals surface area contributed by atoms with Gasteiger partial charge in [-0.3, -0.25) is 9.59 Å². The Hall–Kier alpha value is -1.29. The summed E-state index contributed by atoms with van der Waals surface area (Å²) in [7, 11) is 0. The van der Waals surface area contributed by atoms with Crippen LogP contribution in [-0.2, 0) is 9.53 Å². The molecule has 0 heterocycles. The van der Waals surface area contributed by atoms with Gasteiger partial charge in [0.25, 0.3) is 0 Å². The normalized spacial score (nSPS) is 13.7. The van der Waals surface area contributed by atoms with Crippen LogP contribution < -0.4 is 0 Å². The van der Waals surface area contributed by atoms with Gasteiger partial charge in [-0.1, -0.05) is 55.9 Å². The van der Waals surface area contributed by atoms with Crippen LogP contribution in [0.15, 0.2) is 30.3 Å². The molecule has 0 aliphatic heterocycles. The van der Waals surface area contributed by atoms with Crippen molar-refractivity contribution in [3.8, 4) is 0 Å². The van der Waals surface area contributed by atoms with Crippen molar-refractivity contribution < 1.29 is 14.3 Å². The molecule has 2 atom stereocenters. The van der Waals surface area contributed by atoms with Crippen molar-refractivity contribution in [2.75, 3.05) is 6.61 Å². The Labute approximate surface area is 112 Å². The Morgan fingerprint density at radius 1 is 1.22 bits per heavy atom. The number of carbonyl (C=O) groups excluding carboxylic acids is 2. The zero-order valence-electron chi connectivity index (χ0n) is 10.9. The summed E-state index contributed by atoms with van der Waals surface area (Å²) in [4.78, 5) is 23.5. The lowest BCUT2D eigenvalue weighted by Crippen LogP contribution is -2.24. The Bertz CT molecular complexity index is 403. The van der Waals surface area contributed by atoms with E-state index >= 15 is 0 Å². The van der Waals surface area contributed by atoms with Crippen molar-refractivity contribution in [2.45, 2.75) is 26.0 Å². The summed E-state index contributed by atoms with van der Waals surface area (Å²) in [6.45, 7) is 5.80. The second-order valence-corrected chi connectivity index (χ2v) is 5.37. The van der Waals surface area contributed by atoms with Gasteiger partial charge in [0, 0.05) is 10.8 Å². The van der Waals surface area contributed by atoms with Crippen molar-refractivity contribution in [2.24, 2.45) is 5.92 Å². The maximum Gasteiger partial charge on any atom is 0.309 e. The minimum Gasteiger partial charge on any atom is -0.466 e. The standard InChI is InChI=1S/C14H18O3S/c1-4-17-13(15)10(2)11(3)18-14(16)12-8-6-5-7-9-12/h5-11H,4H2,1-3H3. The highest BCUT2D eigenvalue weighted by Gasteiger charge is 2.24. The van der Waals surface area contributed by atoms with E-state index in [4.69, 9.17) is 4.74 Å². The minimum absolute atomic E-state index is 0.0146. The lowest BCUT2D eigenvalue weighted by Gasteiger charge is -2.16. The molecular weight excluding hydrogens is 248 g/mol. The van der Waals surface area contributed by atoms with Crippen LogP contribution in [0.25, 0.3) is 0 Å². The SMILES string of the molecule is CCOC(=O)C(C)C(C)SC(=O)c1ccccc1. The first-order valence-electron chi connectivity index (χ1n) is 5.99. The molecule has 2 unspecified atom stereocenters. The van der Waals surface area contributed by atoms with Crippen LogP contribution in [0, 0.1) is 5.92 Å². The number of esters is 1. The highest BCUT2D eigenvalue weighted by atomic mass is 32.2. The van der Waals surface area contributed by atoms with Gasteiger partial charge in [0.1, 0.15) is 0 Å². The third kappa shape index (κ3) is 4.18. The summed E-state index contributed by atoms with van der Waals surface area (Å²) in [5.41, 5.74) is 0.658. The summed E-state index contributed by atoms with van der Waals surface area (Å²) in [6, 6.07) is 9.07. The predicted octanol–water partition coefficient (Wildman–Crippen LogP) is 3.15. The summed E-state index contributed by atoms with van der Waals surface area (Å²) in [6.07, 6.45) is 0. The highest BCUT2D eigenvalue weighted by molar-refractivity contribution is 8.14. The molecule has 98 valence electrons. The van der Waals surface area contributed by atoms with Crippen LogP contribution >= 0.6 is 11.8 Å². The van der Waals surface area contributed by atoms with Crippen LogP contribution in [0.1, 0.15) is 31.1 Å². The van der Waals surface area contributed by atoms with Gasteiger partial charge in [-0.2, -0.15) is 0 Å². The van der Waals surface area contributed by atoms with Gasteiger partial charge in [-0.15, -0.1) is 0 Å². The molecule has 0 N–H and O–H groups in total. The molecule has 0 aliphatic carbocycles. The average molecular weight is 266 g/mol. The van der Waals surface area contributed by atoms with Crippen LogP contribution in [0.2, 0.25) is 0 Å². The number of ether oxygens (including phenoxy) is 1. The summed E-state index contributed by atoms with van der Waals surface area (Å²) in [5.74, 6) is -0.541. The largest absolute Gasteiger partial charge is 0.466 e. The first-order valence-corrected chi connectivity index (χ1v) is 6.87. The van der Waals surface area contributed by atoms with E-state index in [0.29, 0.717) is 12.2 Å². The number of hydrogen-bond acceptors (Lipinski definition) is 4. The first kappa shape index (κ1) is 14.8. The van der Waals surface area contributed by atoms with Crippen molar-refractivity contribution >= 4 is 22.8 Å². The molecule has 0 amide bonds. The lowest BCUT2D eigenvalue weighted by atomic mass is 10.1. The van der Waals surface area contributed by atoms with E-state index in [9.17, 15) is 9.59 Å². The quantitative estimate of drug-likeness (QED) is 0.768. The van der Waals surface area contributed by atoms with Gasteiger partial charge >= 0.3 is 5.97 Å². The molecule has 0 aliphatic rings. The van der Waals surface area contributed by atoms with Crippen molar-refractivity contribution in [1.82, 2.24) is 0 Å². The molecule has 0 fully saturated rings. The third-order valence-corrected chi connectivity index (χ3v) is 3.89. The molecule has 0 saturated heterocycles. The topological polar surface area (TPSA) is 43.4 Å². The Kier molecular flexibility index (Phi) is 5.92. The summed E-state index contributed by atoms with van der Waals surface area (Å²) in [5, 5.41) is -0.115. The first-order chi connectivity index (χ1) is 8.56. The van der Waals surface area contributed by atoms with Crippen LogP contribution in [-0.4, -0.2) is 22.9 Å². The zero-order chi connectivity index (χ0) is 13.5. The monoisotopic (exact) mass is 266 g/mol. The number of thioether (sulfide) groups is 1. The smallest absolute Gasteiger partial charge is 0.309 e. The molecule has 0 radical (unpaired) electrons. The van der Waals surface area contributed by atoms with Gasteiger partial charge in [0.15, 0.2) is 0 Å². The second-order valence-electron chi connectivity index (χ2n) is 4.02. The van der Waals surface area contributed by atoms with E-state index in [0.717, 1.165) is 0 Å². The van der Waals surface area contributed by atoms with Crippen molar-refractivity contribution in [1.29, 1.82) is 0 Å². The van der Waals surface area contributed by atoms with E-state index in [1.165, 1.54) is 11.8 Å². The zero-order valence-corrected chi connectivity index (χ0v) is 11.7. The van der Waals surface area contributed by atoms with Gasteiger partial charge in [-0.25, -0.2) is 0 Å². The van der Waals surface area contributed by atoms with Crippen LogP contribution in [0.3, 0.4) is 0 Å². The van der Waals surface area contributed by atoms with E-state index in [2.05, 4.69) is 0 Å². The van der Waals surface area contributed by atoms with Gasteiger partial charge in [0.2, 0.25) is 5.12 Å². The fourth-order valence-electron chi connectivity index (χ4n) is 1.38. The molecule has 18 heavy (non-hydrogen) atoms. The highest BCUT2D eigenvalue weighted by Crippen LogP contribution is 2.24. The molecule has 3 nitrogen and oxygen atoms in total. The van der Waals surface area contributed by atoms with E-state index in [1.807, 2.05) is 25.1 Å². The molecule has 0 saturated carbocycles. The Morgan fingerprint density at radius 3 is 2.39 bits per heavy atom. The molecule has 0 spiro atoms. The average Bonchev–Trinajstić information content (AvgIpc) is 2.39. The fraction of sp³-hybridized carbons (Fsp3) is 0.429. The van der Waals surface area contributed by atoms with Crippen LogP contribution in [0.4, 0.5) is 0 Å². The summed E-state index contributed by atoms with van der Waals surface area (Å²) >= 11 is 1.18. The molecular formula is C14H18O3S. The van der Waals surface area contributed by atoms with Gasteiger partial charge in [0.05, 0.1) is 12.5 Å². The van der Waals surface area contributed by atoms with E-state index in [-0.39, 0.29) is 22.3 Å². The van der Waals surface area contributed by atoms with Crippen LogP contribution in [0.5, 0.6) is 0 Å². The molecule has 1 aromatic rings. The number of rotatable bonds is 5. The molecule has 0 aromatic heterocycles. The Balaban J connectivity index is 2.57. The van der Waals surface area contributed by atoms with E-state index in [1.54, 1.807) is 26.0 Å². The van der Waals surface area contributed by atoms with Crippen molar-refractivity contribution in [3.63, 3.8) is 0 Å². The van der Waals surface area contributed by atoms with Gasteiger partial charge in [-0.05, 0) is 6.92 Å². The third-order valence-electron chi connectivity index (χ3n) is 2.66. The molecule has 4 heteroatoms. The number of benzene rings is 1.